The highest BCUT2D eigenvalue weighted by molar-refractivity contribution is 5.44. The Bertz CT molecular complexity index is 798. The number of ether oxygens (including phenoxy) is 1. The highest BCUT2D eigenvalue weighted by Crippen LogP contribution is 2.29. The van der Waals surface area contributed by atoms with E-state index in [9.17, 15) is 14.5 Å². The number of nitrogens with zero attached hydrogens (tertiary/aromatic N) is 2. The zero-order chi connectivity index (χ0) is 19.4. The zero-order valence-corrected chi connectivity index (χ0v) is 15.3. The van der Waals surface area contributed by atoms with Gasteiger partial charge >= 0.3 is 0 Å². The summed E-state index contributed by atoms with van der Waals surface area (Å²) in [6.45, 7) is 1.18. The number of nitro groups is 1. The van der Waals surface area contributed by atoms with E-state index >= 15 is 0 Å². The Morgan fingerprint density at radius 1 is 1.30 bits per heavy atom. The third-order valence-electron chi connectivity index (χ3n) is 5.07. The minimum Gasteiger partial charge on any atom is -0.489 e. The number of nitrogens with two attached hydrogens (primary N) is 1. The number of rotatable bonds is 6. The predicted octanol–water partition coefficient (Wildman–Crippen LogP) is 3.28. The van der Waals surface area contributed by atoms with E-state index in [-0.39, 0.29) is 30.2 Å². The molecule has 2 unspecified atom stereocenters. The number of non-ortho nitro benzene ring substituents is 1. The lowest BCUT2D eigenvalue weighted by atomic mass is 9.92. The van der Waals surface area contributed by atoms with Gasteiger partial charge in [-0.1, -0.05) is 12.1 Å². The van der Waals surface area contributed by atoms with Gasteiger partial charge in [0.25, 0.3) is 5.69 Å². The summed E-state index contributed by atoms with van der Waals surface area (Å²) in [5.74, 6) is 0.309. The number of likely N-dealkylation sites (tertiary alicyclic amines) is 1. The normalized spacial score (nSPS) is 20.4. The van der Waals surface area contributed by atoms with Gasteiger partial charge in [-0.2, -0.15) is 0 Å². The summed E-state index contributed by atoms with van der Waals surface area (Å²) in [5.41, 5.74) is 7.77. The lowest BCUT2D eigenvalue weighted by Crippen LogP contribution is -2.45. The van der Waals surface area contributed by atoms with Gasteiger partial charge in [-0.05, 0) is 56.6 Å². The van der Waals surface area contributed by atoms with E-state index in [4.69, 9.17) is 10.5 Å². The molecule has 1 fully saturated rings. The van der Waals surface area contributed by atoms with Crippen molar-refractivity contribution in [2.24, 2.45) is 5.73 Å². The summed E-state index contributed by atoms with van der Waals surface area (Å²) < 4.78 is 18.9. The molecule has 0 radical (unpaired) electrons. The predicted molar refractivity (Wildman–Crippen MR) is 101 cm³/mol. The first-order valence-corrected chi connectivity index (χ1v) is 9.03. The van der Waals surface area contributed by atoms with Crippen LogP contribution in [0.2, 0.25) is 0 Å². The van der Waals surface area contributed by atoms with E-state index in [0.717, 1.165) is 30.5 Å². The van der Waals surface area contributed by atoms with Gasteiger partial charge in [0.05, 0.1) is 4.92 Å². The fourth-order valence-electron chi connectivity index (χ4n) is 3.41. The van der Waals surface area contributed by atoms with E-state index in [2.05, 4.69) is 4.90 Å². The Labute approximate surface area is 157 Å². The third-order valence-corrected chi connectivity index (χ3v) is 5.07. The number of benzene rings is 2. The molecular weight excluding hydrogens is 349 g/mol. The van der Waals surface area contributed by atoms with Crippen LogP contribution in [0.1, 0.15) is 24.0 Å². The Balaban J connectivity index is 1.79. The SMILES string of the molecule is CN1CCC(N)CC1Cc1cc([N+](=O)[O-])ccc1OCc1ccc(F)cc1. The first kappa shape index (κ1) is 19.3. The van der Waals surface area contributed by atoms with Crippen molar-refractivity contribution < 1.29 is 14.1 Å². The third kappa shape index (κ3) is 5.02. The highest BCUT2D eigenvalue weighted by Gasteiger charge is 2.26. The minimum absolute atomic E-state index is 0.0434. The van der Waals surface area contributed by atoms with Crippen molar-refractivity contribution in [3.05, 3.63) is 69.5 Å². The van der Waals surface area contributed by atoms with Crippen LogP contribution in [0.15, 0.2) is 42.5 Å². The average Bonchev–Trinajstić information content (AvgIpc) is 2.65. The van der Waals surface area contributed by atoms with Gasteiger partial charge in [-0.15, -0.1) is 0 Å². The van der Waals surface area contributed by atoms with Crippen molar-refractivity contribution in [2.75, 3.05) is 13.6 Å². The van der Waals surface area contributed by atoms with E-state index in [1.54, 1.807) is 24.3 Å². The van der Waals surface area contributed by atoms with E-state index in [1.807, 2.05) is 7.05 Å². The molecular formula is C20H24FN3O3. The van der Waals surface area contributed by atoms with Crippen LogP contribution in [-0.4, -0.2) is 35.5 Å². The molecule has 2 aromatic rings. The molecule has 1 heterocycles. The van der Waals surface area contributed by atoms with E-state index < -0.39 is 4.92 Å². The summed E-state index contributed by atoms with van der Waals surface area (Å²) in [6, 6.07) is 11.1. The number of hydrogen-bond acceptors (Lipinski definition) is 5. The second-order valence-corrected chi connectivity index (χ2v) is 7.09. The van der Waals surface area contributed by atoms with Crippen LogP contribution in [0.25, 0.3) is 0 Å². The maximum absolute atomic E-state index is 13.0. The number of likely N-dealkylation sites (N-methyl/N-ethyl adjacent to an activating group) is 1. The van der Waals surface area contributed by atoms with Crippen molar-refractivity contribution in [2.45, 2.75) is 38.0 Å². The molecule has 0 aromatic heterocycles. The van der Waals surface area contributed by atoms with E-state index in [1.165, 1.54) is 18.2 Å². The fourth-order valence-corrected chi connectivity index (χ4v) is 3.41. The van der Waals surface area contributed by atoms with Crippen molar-refractivity contribution in [1.29, 1.82) is 0 Å². The van der Waals surface area contributed by atoms with Gasteiger partial charge in [0.1, 0.15) is 18.2 Å². The molecule has 2 atom stereocenters. The second kappa shape index (κ2) is 8.45. The lowest BCUT2D eigenvalue weighted by molar-refractivity contribution is -0.384. The van der Waals surface area contributed by atoms with Crippen LogP contribution in [-0.2, 0) is 13.0 Å². The van der Waals surface area contributed by atoms with E-state index in [0.29, 0.717) is 12.2 Å². The van der Waals surface area contributed by atoms with Gasteiger partial charge in [0.2, 0.25) is 0 Å². The molecule has 0 spiro atoms. The second-order valence-electron chi connectivity index (χ2n) is 7.09. The number of halogens is 1. The Morgan fingerprint density at radius 3 is 2.74 bits per heavy atom. The maximum Gasteiger partial charge on any atom is 0.269 e. The quantitative estimate of drug-likeness (QED) is 0.621. The van der Waals surface area contributed by atoms with Gasteiger partial charge in [-0.3, -0.25) is 10.1 Å². The highest BCUT2D eigenvalue weighted by atomic mass is 19.1. The first-order chi connectivity index (χ1) is 12.9. The standard InChI is InChI=1S/C20H24FN3O3/c1-23-9-8-17(22)12-19(23)11-15-10-18(24(25)26)6-7-20(15)27-13-14-2-4-16(21)5-3-14/h2-7,10,17,19H,8-9,11-13,22H2,1H3. The van der Waals surface area contributed by atoms with Crippen molar-refractivity contribution in [3.63, 3.8) is 0 Å². The van der Waals surface area contributed by atoms with Crippen molar-refractivity contribution in [3.8, 4) is 5.75 Å². The number of piperidine rings is 1. The molecule has 7 heteroatoms. The molecule has 1 aliphatic rings. The van der Waals surface area contributed by atoms with Crippen LogP contribution in [0.3, 0.4) is 0 Å². The van der Waals surface area contributed by atoms with Gasteiger partial charge in [-0.25, -0.2) is 4.39 Å². The fraction of sp³-hybridized carbons (Fsp3) is 0.400. The summed E-state index contributed by atoms with van der Waals surface area (Å²) in [7, 11) is 2.05. The molecule has 0 amide bonds. The smallest absolute Gasteiger partial charge is 0.269 e. The molecule has 3 rings (SSSR count). The minimum atomic E-state index is -0.399. The molecule has 144 valence electrons. The lowest BCUT2D eigenvalue weighted by Gasteiger charge is -2.36. The Hall–Kier alpha value is -2.51. The number of nitro benzene ring substituents is 1. The molecule has 6 nitrogen and oxygen atoms in total. The molecule has 0 aliphatic carbocycles. The van der Waals surface area contributed by atoms with Gasteiger partial charge in [0.15, 0.2) is 0 Å². The van der Waals surface area contributed by atoms with Crippen molar-refractivity contribution in [1.82, 2.24) is 4.90 Å². The monoisotopic (exact) mass is 373 g/mol. The van der Waals surface area contributed by atoms with Crippen LogP contribution < -0.4 is 10.5 Å². The summed E-state index contributed by atoms with van der Waals surface area (Å²) in [6.07, 6.45) is 2.43. The summed E-state index contributed by atoms with van der Waals surface area (Å²) in [5, 5.41) is 11.2. The molecule has 2 N–H and O–H groups in total. The van der Waals surface area contributed by atoms with Crippen LogP contribution in [0.5, 0.6) is 5.75 Å². The molecule has 2 aromatic carbocycles. The van der Waals surface area contributed by atoms with Crippen LogP contribution >= 0.6 is 0 Å². The topological polar surface area (TPSA) is 81.6 Å². The Morgan fingerprint density at radius 2 is 2.04 bits per heavy atom. The largest absolute Gasteiger partial charge is 0.489 e. The first-order valence-electron chi connectivity index (χ1n) is 9.03. The average molecular weight is 373 g/mol. The van der Waals surface area contributed by atoms with Gasteiger partial charge in [0, 0.05) is 29.8 Å². The zero-order valence-electron chi connectivity index (χ0n) is 15.3. The van der Waals surface area contributed by atoms with Crippen LogP contribution in [0.4, 0.5) is 10.1 Å². The molecule has 0 saturated carbocycles. The Kier molecular flexibility index (Phi) is 6.03. The van der Waals surface area contributed by atoms with Gasteiger partial charge < -0.3 is 15.4 Å². The summed E-state index contributed by atoms with van der Waals surface area (Å²) >= 11 is 0. The molecule has 1 saturated heterocycles. The molecule has 0 bridgehead atoms. The molecule has 1 aliphatic heterocycles. The van der Waals surface area contributed by atoms with Crippen molar-refractivity contribution >= 4 is 5.69 Å². The maximum atomic E-state index is 13.0. The molecule has 27 heavy (non-hydrogen) atoms. The summed E-state index contributed by atoms with van der Waals surface area (Å²) in [4.78, 5) is 13.0. The van der Waals surface area contributed by atoms with Crippen LogP contribution in [0, 0.1) is 15.9 Å². The number of hydrogen-bond donors (Lipinski definition) is 1.